The van der Waals surface area contributed by atoms with Crippen molar-refractivity contribution in [2.45, 2.75) is 13.5 Å². The molecule has 0 radical (unpaired) electrons. The van der Waals surface area contributed by atoms with E-state index in [-0.39, 0.29) is 24.5 Å². The third-order valence-electron chi connectivity index (χ3n) is 3.22. The first-order valence-electron chi connectivity index (χ1n) is 7.38. The summed E-state index contributed by atoms with van der Waals surface area (Å²) in [7, 11) is 0. The molecule has 1 aromatic carbocycles. The number of imidazole rings is 1. The molecular formula is C17H16N2O6. The molecule has 1 heterocycles. The van der Waals surface area contributed by atoms with Crippen LogP contribution in [0.25, 0.3) is 5.76 Å². The van der Waals surface area contributed by atoms with Crippen LogP contribution in [-0.2, 0) is 20.9 Å². The maximum absolute atomic E-state index is 12.0. The predicted octanol–water partition coefficient (Wildman–Crippen LogP) is 1.66. The van der Waals surface area contributed by atoms with Crippen LogP contribution < -0.4 is 0 Å². The van der Waals surface area contributed by atoms with Gasteiger partial charge in [-0.05, 0) is 12.5 Å². The monoisotopic (exact) mass is 344 g/mol. The largest absolute Gasteiger partial charge is 0.506 e. The van der Waals surface area contributed by atoms with Crippen LogP contribution in [-0.4, -0.2) is 44.1 Å². The Labute approximate surface area is 143 Å². The summed E-state index contributed by atoms with van der Waals surface area (Å²) in [5.41, 5.74) is 0.565. The molecule has 2 rings (SSSR count). The second kappa shape index (κ2) is 7.91. The van der Waals surface area contributed by atoms with Gasteiger partial charge in [0.05, 0.1) is 12.9 Å². The normalized spacial score (nSPS) is 11.2. The molecule has 0 aliphatic carbocycles. The van der Waals surface area contributed by atoms with Gasteiger partial charge in [-0.2, -0.15) is 0 Å². The average Bonchev–Trinajstić information content (AvgIpc) is 2.99. The molecule has 0 unspecified atom stereocenters. The third kappa shape index (κ3) is 4.31. The molecule has 1 aromatic heterocycles. The van der Waals surface area contributed by atoms with Crippen LogP contribution in [0.2, 0.25) is 0 Å². The lowest BCUT2D eigenvalue weighted by Crippen LogP contribution is -2.13. The molecule has 8 heteroatoms. The smallest absolute Gasteiger partial charge is 0.376 e. The Morgan fingerprint density at radius 2 is 1.88 bits per heavy atom. The Balaban J connectivity index is 2.48. The lowest BCUT2D eigenvalue weighted by molar-refractivity contribution is -0.146. The summed E-state index contributed by atoms with van der Waals surface area (Å²) in [5.74, 6) is -4.51. The minimum absolute atomic E-state index is 0.0862. The maximum Gasteiger partial charge on any atom is 0.376 e. The summed E-state index contributed by atoms with van der Waals surface area (Å²) in [6.07, 6.45) is 1.84. The van der Waals surface area contributed by atoms with E-state index in [2.05, 4.69) is 4.98 Å². The highest BCUT2D eigenvalue weighted by Gasteiger charge is 2.23. The van der Waals surface area contributed by atoms with Crippen molar-refractivity contribution >= 4 is 23.5 Å². The van der Waals surface area contributed by atoms with Crippen LogP contribution in [0.4, 0.5) is 0 Å². The second-order valence-corrected chi connectivity index (χ2v) is 4.97. The highest BCUT2D eigenvalue weighted by atomic mass is 16.5. The molecule has 0 atom stereocenters. The number of hydrogen-bond acceptors (Lipinski definition) is 6. The first-order chi connectivity index (χ1) is 11.9. The van der Waals surface area contributed by atoms with Crippen molar-refractivity contribution in [1.82, 2.24) is 9.55 Å². The number of carboxylic acids is 1. The van der Waals surface area contributed by atoms with Gasteiger partial charge in [-0.3, -0.25) is 4.79 Å². The Morgan fingerprint density at radius 3 is 2.48 bits per heavy atom. The Bertz CT molecular complexity index is 823. The Kier molecular flexibility index (Phi) is 5.67. The molecule has 0 saturated carbocycles. The number of carboxylic acid groups (broad SMARTS) is 1. The molecule has 2 aromatic rings. The van der Waals surface area contributed by atoms with Gasteiger partial charge in [0.15, 0.2) is 5.69 Å². The number of aliphatic hydroxyl groups is 1. The first-order valence-corrected chi connectivity index (χ1v) is 7.38. The molecule has 0 fully saturated rings. The van der Waals surface area contributed by atoms with Gasteiger partial charge in [0.1, 0.15) is 11.5 Å². The van der Waals surface area contributed by atoms with Crippen molar-refractivity contribution in [3.63, 3.8) is 0 Å². The molecule has 25 heavy (non-hydrogen) atoms. The Morgan fingerprint density at radius 1 is 1.20 bits per heavy atom. The van der Waals surface area contributed by atoms with E-state index in [4.69, 9.17) is 9.84 Å². The lowest BCUT2D eigenvalue weighted by Gasteiger charge is -2.09. The van der Waals surface area contributed by atoms with E-state index < -0.39 is 23.5 Å². The molecule has 0 aliphatic heterocycles. The standard InChI is InChI=1S/C17H16N2O6/c1-2-25-17(24)14-15(12(20)8-13(21)16(22)23)19(10-18-14)9-11-6-4-3-5-7-11/h3-8,10,20H,2,9H2,1H3,(H,22,23)/b12-8-. The first kappa shape index (κ1) is 17.9. The van der Waals surface area contributed by atoms with Gasteiger partial charge in [-0.1, -0.05) is 30.3 Å². The van der Waals surface area contributed by atoms with Crippen LogP contribution in [0.3, 0.4) is 0 Å². The molecule has 130 valence electrons. The number of carbonyl (C=O) groups is 3. The van der Waals surface area contributed by atoms with Crippen LogP contribution in [0.1, 0.15) is 28.7 Å². The van der Waals surface area contributed by atoms with E-state index in [1.54, 1.807) is 6.92 Å². The number of ether oxygens (including phenoxy) is 1. The fourth-order valence-corrected chi connectivity index (χ4v) is 2.15. The van der Waals surface area contributed by atoms with Crippen molar-refractivity contribution < 1.29 is 29.3 Å². The number of esters is 1. The van der Waals surface area contributed by atoms with Crippen molar-refractivity contribution in [3.05, 3.63) is 59.7 Å². The molecule has 0 bridgehead atoms. The molecular weight excluding hydrogens is 328 g/mol. The van der Waals surface area contributed by atoms with Gasteiger partial charge in [0.25, 0.3) is 5.78 Å². The van der Waals surface area contributed by atoms with E-state index >= 15 is 0 Å². The van der Waals surface area contributed by atoms with Crippen LogP contribution in [0.5, 0.6) is 0 Å². The number of carbonyl (C=O) groups excluding carboxylic acids is 2. The topological polar surface area (TPSA) is 119 Å². The predicted molar refractivity (Wildman–Crippen MR) is 87.0 cm³/mol. The zero-order valence-electron chi connectivity index (χ0n) is 13.4. The van der Waals surface area contributed by atoms with Gasteiger partial charge in [-0.25, -0.2) is 14.6 Å². The van der Waals surface area contributed by atoms with E-state index in [0.717, 1.165) is 5.56 Å². The Hall–Kier alpha value is -3.42. The van der Waals surface area contributed by atoms with Gasteiger partial charge in [-0.15, -0.1) is 0 Å². The average molecular weight is 344 g/mol. The van der Waals surface area contributed by atoms with Gasteiger partial charge in [0, 0.05) is 12.6 Å². The maximum atomic E-state index is 12.0. The number of benzene rings is 1. The number of aliphatic carboxylic acids is 1. The minimum Gasteiger partial charge on any atom is -0.506 e. The fourth-order valence-electron chi connectivity index (χ4n) is 2.15. The van der Waals surface area contributed by atoms with Gasteiger partial charge in [0.2, 0.25) is 0 Å². The summed E-state index contributed by atoms with van der Waals surface area (Å²) < 4.78 is 6.31. The zero-order chi connectivity index (χ0) is 18.4. The lowest BCUT2D eigenvalue weighted by atomic mass is 10.2. The van der Waals surface area contributed by atoms with E-state index in [0.29, 0.717) is 6.08 Å². The van der Waals surface area contributed by atoms with E-state index in [9.17, 15) is 19.5 Å². The second-order valence-electron chi connectivity index (χ2n) is 4.97. The van der Waals surface area contributed by atoms with Gasteiger partial charge < -0.3 is 19.5 Å². The number of hydrogen-bond donors (Lipinski definition) is 2. The molecule has 0 saturated heterocycles. The summed E-state index contributed by atoms with van der Waals surface area (Å²) in [5, 5.41) is 18.9. The summed E-state index contributed by atoms with van der Waals surface area (Å²) in [6, 6.07) is 9.14. The van der Waals surface area contributed by atoms with Crippen LogP contribution >= 0.6 is 0 Å². The van der Waals surface area contributed by atoms with Gasteiger partial charge >= 0.3 is 11.9 Å². The van der Waals surface area contributed by atoms with Crippen LogP contribution in [0.15, 0.2) is 42.7 Å². The van der Waals surface area contributed by atoms with Crippen LogP contribution in [0, 0.1) is 0 Å². The number of ketones is 1. The highest BCUT2D eigenvalue weighted by Crippen LogP contribution is 2.19. The summed E-state index contributed by atoms with van der Waals surface area (Å²) >= 11 is 0. The molecule has 0 spiro atoms. The molecule has 0 aliphatic rings. The van der Waals surface area contributed by atoms with Crippen molar-refractivity contribution in [3.8, 4) is 0 Å². The summed E-state index contributed by atoms with van der Waals surface area (Å²) in [4.78, 5) is 38.0. The SMILES string of the molecule is CCOC(=O)c1ncn(Cc2ccccc2)c1/C(O)=C/C(=O)C(=O)O. The highest BCUT2D eigenvalue weighted by molar-refractivity contribution is 6.38. The number of aromatic nitrogens is 2. The van der Waals surface area contributed by atoms with Crippen molar-refractivity contribution in [2.75, 3.05) is 6.61 Å². The number of rotatable bonds is 7. The fraction of sp³-hybridized carbons (Fsp3) is 0.176. The minimum atomic E-state index is -1.72. The van der Waals surface area contributed by atoms with Crippen molar-refractivity contribution in [2.24, 2.45) is 0 Å². The summed E-state index contributed by atoms with van der Waals surface area (Å²) in [6.45, 7) is 1.96. The molecule has 0 amide bonds. The molecule has 2 N–H and O–H groups in total. The number of aliphatic hydroxyl groups excluding tert-OH is 1. The quantitative estimate of drug-likeness (QED) is 0.339. The molecule has 8 nitrogen and oxygen atoms in total. The third-order valence-corrected chi connectivity index (χ3v) is 3.22. The zero-order valence-corrected chi connectivity index (χ0v) is 13.4. The van der Waals surface area contributed by atoms with Crippen molar-refractivity contribution in [1.29, 1.82) is 0 Å². The van der Waals surface area contributed by atoms with E-state index in [1.807, 2.05) is 30.3 Å². The van der Waals surface area contributed by atoms with E-state index in [1.165, 1.54) is 10.9 Å². The number of nitrogens with zero attached hydrogens (tertiary/aromatic N) is 2.